The molecule has 86 valence electrons. The molecule has 0 spiro atoms. The van der Waals surface area contributed by atoms with Crippen LogP contribution in [-0.2, 0) is 9.59 Å². The molecule has 0 amide bonds. The number of Topliss-reactive ketones (excluding diaryl/α,β-unsaturated/α-hetero) is 1. The summed E-state index contributed by atoms with van der Waals surface area (Å²) in [5, 5.41) is 3.09. The Labute approximate surface area is 91.0 Å². The normalized spacial score (nSPS) is 24.0. The third-order valence-electron chi connectivity index (χ3n) is 2.92. The summed E-state index contributed by atoms with van der Waals surface area (Å²) in [7, 11) is 0. The van der Waals surface area contributed by atoms with Gasteiger partial charge in [0.2, 0.25) is 0 Å². The molecule has 4 nitrogen and oxygen atoms in total. The first-order valence-corrected chi connectivity index (χ1v) is 5.64. The summed E-state index contributed by atoms with van der Waals surface area (Å²) in [6.45, 7) is 5.92. The highest BCUT2D eigenvalue weighted by Gasteiger charge is 2.26. The second-order valence-corrected chi connectivity index (χ2v) is 4.06. The monoisotopic (exact) mass is 212 g/mol. The first-order chi connectivity index (χ1) is 7.19. The van der Waals surface area contributed by atoms with Gasteiger partial charge in [-0.25, -0.2) is 0 Å². The summed E-state index contributed by atoms with van der Waals surface area (Å²) in [5.74, 6) is 0.172. The molecule has 0 aromatic heterocycles. The molecule has 15 heavy (non-hydrogen) atoms. The molecule has 2 atom stereocenters. The van der Waals surface area contributed by atoms with E-state index in [-0.39, 0.29) is 17.9 Å². The van der Waals surface area contributed by atoms with E-state index in [4.69, 9.17) is 0 Å². The van der Waals surface area contributed by atoms with E-state index in [1.54, 1.807) is 0 Å². The standard InChI is InChI=1S/C11H20N2O2/c1-3-12-9(2)11(15)7-13-6-4-5-10(13)8-14/h8-10,12H,3-7H2,1-2H3/t9-,10?/m0/s1. The molecule has 1 unspecified atom stereocenters. The van der Waals surface area contributed by atoms with Gasteiger partial charge in [-0.15, -0.1) is 0 Å². The quantitative estimate of drug-likeness (QED) is 0.640. The first-order valence-electron chi connectivity index (χ1n) is 5.64. The van der Waals surface area contributed by atoms with Gasteiger partial charge < -0.3 is 10.1 Å². The Morgan fingerprint density at radius 2 is 2.40 bits per heavy atom. The number of ketones is 1. The fourth-order valence-electron chi connectivity index (χ4n) is 1.96. The van der Waals surface area contributed by atoms with Crippen molar-refractivity contribution in [2.45, 2.75) is 38.8 Å². The van der Waals surface area contributed by atoms with Crippen LogP contribution in [0.4, 0.5) is 0 Å². The molecule has 0 aromatic carbocycles. The molecule has 0 radical (unpaired) electrons. The van der Waals surface area contributed by atoms with Crippen molar-refractivity contribution < 1.29 is 9.59 Å². The van der Waals surface area contributed by atoms with E-state index >= 15 is 0 Å². The van der Waals surface area contributed by atoms with Gasteiger partial charge >= 0.3 is 0 Å². The molecule has 1 aliphatic rings. The minimum atomic E-state index is -0.108. The molecule has 1 saturated heterocycles. The van der Waals surface area contributed by atoms with Gasteiger partial charge in [0.05, 0.1) is 18.6 Å². The summed E-state index contributed by atoms with van der Waals surface area (Å²) >= 11 is 0. The van der Waals surface area contributed by atoms with E-state index in [2.05, 4.69) is 5.32 Å². The van der Waals surface area contributed by atoms with E-state index in [1.165, 1.54) is 0 Å². The van der Waals surface area contributed by atoms with Crippen LogP contribution >= 0.6 is 0 Å². The second-order valence-electron chi connectivity index (χ2n) is 4.06. The van der Waals surface area contributed by atoms with Crippen molar-refractivity contribution in [2.24, 2.45) is 0 Å². The first kappa shape index (κ1) is 12.3. The second kappa shape index (κ2) is 5.98. The van der Waals surface area contributed by atoms with Crippen LogP contribution in [0.3, 0.4) is 0 Å². The van der Waals surface area contributed by atoms with E-state index in [1.807, 2.05) is 18.7 Å². The number of hydrogen-bond donors (Lipinski definition) is 1. The molecular weight excluding hydrogens is 192 g/mol. The molecule has 4 heteroatoms. The average Bonchev–Trinajstić information content (AvgIpc) is 2.65. The number of carbonyl (C=O) groups is 2. The number of nitrogens with zero attached hydrogens (tertiary/aromatic N) is 1. The third kappa shape index (κ3) is 3.39. The zero-order valence-electron chi connectivity index (χ0n) is 9.53. The fourth-order valence-corrected chi connectivity index (χ4v) is 1.96. The van der Waals surface area contributed by atoms with Crippen molar-refractivity contribution in [3.05, 3.63) is 0 Å². The Hall–Kier alpha value is -0.740. The van der Waals surface area contributed by atoms with Crippen LogP contribution in [-0.4, -0.2) is 48.7 Å². The van der Waals surface area contributed by atoms with Crippen LogP contribution in [0.15, 0.2) is 0 Å². The molecule has 1 fully saturated rings. The Kier molecular flexibility index (Phi) is 4.91. The molecule has 1 rings (SSSR count). The maximum atomic E-state index is 11.7. The van der Waals surface area contributed by atoms with Crippen molar-refractivity contribution in [1.82, 2.24) is 10.2 Å². The smallest absolute Gasteiger partial charge is 0.163 e. The van der Waals surface area contributed by atoms with Crippen LogP contribution in [0.1, 0.15) is 26.7 Å². The van der Waals surface area contributed by atoms with Gasteiger partial charge in [0.25, 0.3) is 0 Å². The van der Waals surface area contributed by atoms with Crippen LogP contribution in [0.5, 0.6) is 0 Å². The lowest BCUT2D eigenvalue weighted by Crippen LogP contribution is -2.43. The lowest BCUT2D eigenvalue weighted by atomic mass is 10.2. The average molecular weight is 212 g/mol. The van der Waals surface area contributed by atoms with Gasteiger partial charge in [-0.3, -0.25) is 9.69 Å². The topological polar surface area (TPSA) is 49.4 Å². The lowest BCUT2D eigenvalue weighted by molar-refractivity contribution is -0.122. The summed E-state index contributed by atoms with van der Waals surface area (Å²) in [5.41, 5.74) is 0. The van der Waals surface area contributed by atoms with E-state index in [0.29, 0.717) is 6.54 Å². The minimum Gasteiger partial charge on any atom is -0.308 e. The molecule has 0 aliphatic carbocycles. The number of carbonyl (C=O) groups excluding carboxylic acids is 2. The predicted molar refractivity (Wildman–Crippen MR) is 58.8 cm³/mol. The lowest BCUT2D eigenvalue weighted by Gasteiger charge is -2.21. The van der Waals surface area contributed by atoms with Gasteiger partial charge in [0.1, 0.15) is 6.29 Å². The van der Waals surface area contributed by atoms with Gasteiger partial charge in [0, 0.05) is 0 Å². The van der Waals surface area contributed by atoms with Crippen LogP contribution < -0.4 is 5.32 Å². The van der Waals surface area contributed by atoms with Gasteiger partial charge in [-0.1, -0.05) is 6.92 Å². The molecule has 1 aliphatic heterocycles. The van der Waals surface area contributed by atoms with Crippen molar-refractivity contribution in [1.29, 1.82) is 0 Å². The zero-order valence-corrected chi connectivity index (χ0v) is 9.53. The maximum absolute atomic E-state index is 11.7. The highest BCUT2D eigenvalue weighted by atomic mass is 16.1. The number of nitrogens with one attached hydrogen (secondary N) is 1. The molecule has 0 aromatic rings. The zero-order chi connectivity index (χ0) is 11.3. The van der Waals surface area contributed by atoms with Crippen molar-refractivity contribution in [2.75, 3.05) is 19.6 Å². The highest BCUT2D eigenvalue weighted by molar-refractivity contribution is 5.85. The molecule has 0 saturated carbocycles. The van der Waals surface area contributed by atoms with E-state index in [0.717, 1.165) is 32.2 Å². The number of rotatable bonds is 6. The van der Waals surface area contributed by atoms with Gasteiger partial charge in [-0.2, -0.15) is 0 Å². The highest BCUT2D eigenvalue weighted by Crippen LogP contribution is 2.14. The van der Waals surface area contributed by atoms with E-state index < -0.39 is 0 Å². The Balaban J connectivity index is 2.39. The summed E-state index contributed by atoms with van der Waals surface area (Å²) in [6, 6.07) is -0.148. The molecular formula is C11H20N2O2. The van der Waals surface area contributed by atoms with Gasteiger partial charge in [0.15, 0.2) is 5.78 Å². The Morgan fingerprint density at radius 1 is 1.67 bits per heavy atom. The Morgan fingerprint density at radius 3 is 3.00 bits per heavy atom. The largest absolute Gasteiger partial charge is 0.308 e. The van der Waals surface area contributed by atoms with Gasteiger partial charge in [-0.05, 0) is 32.9 Å². The fraction of sp³-hybridized carbons (Fsp3) is 0.818. The van der Waals surface area contributed by atoms with E-state index in [9.17, 15) is 9.59 Å². The number of likely N-dealkylation sites (N-methyl/N-ethyl adjacent to an activating group) is 1. The number of hydrogen-bond acceptors (Lipinski definition) is 4. The van der Waals surface area contributed by atoms with Crippen molar-refractivity contribution in [3.8, 4) is 0 Å². The summed E-state index contributed by atoms with van der Waals surface area (Å²) < 4.78 is 0. The third-order valence-corrected chi connectivity index (χ3v) is 2.92. The maximum Gasteiger partial charge on any atom is 0.163 e. The van der Waals surface area contributed by atoms with Crippen molar-refractivity contribution >= 4 is 12.1 Å². The molecule has 1 heterocycles. The number of aldehydes is 1. The molecule has 1 N–H and O–H groups in total. The van der Waals surface area contributed by atoms with Crippen molar-refractivity contribution in [3.63, 3.8) is 0 Å². The minimum absolute atomic E-state index is 0.0391. The molecule has 0 bridgehead atoms. The Bertz CT molecular complexity index is 231. The predicted octanol–water partition coefficient (Wildman–Crippen LogP) is 0.217. The summed E-state index contributed by atoms with van der Waals surface area (Å²) in [6.07, 6.45) is 2.87. The SMILES string of the molecule is CCN[C@@H](C)C(=O)CN1CCCC1C=O. The van der Waals surface area contributed by atoms with Crippen LogP contribution in [0, 0.1) is 0 Å². The summed E-state index contributed by atoms with van der Waals surface area (Å²) in [4.78, 5) is 24.4. The number of likely N-dealkylation sites (tertiary alicyclic amines) is 1. The van der Waals surface area contributed by atoms with Crippen LogP contribution in [0.2, 0.25) is 0 Å². The van der Waals surface area contributed by atoms with Crippen LogP contribution in [0.25, 0.3) is 0 Å².